The van der Waals surface area contributed by atoms with E-state index >= 15 is 0 Å². The summed E-state index contributed by atoms with van der Waals surface area (Å²) >= 11 is 0. The van der Waals surface area contributed by atoms with E-state index in [9.17, 15) is 19.7 Å². The maximum atomic E-state index is 12.6. The van der Waals surface area contributed by atoms with Crippen molar-refractivity contribution >= 4 is 28.9 Å². The number of non-ortho nitro benzene ring substituents is 1. The van der Waals surface area contributed by atoms with Crippen molar-refractivity contribution in [2.24, 2.45) is 11.8 Å². The van der Waals surface area contributed by atoms with E-state index in [4.69, 9.17) is 0 Å². The summed E-state index contributed by atoms with van der Waals surface area (Å²) in [5.41, 5.74) is 0.633. The van der Waals surface area contributed by atoms with Crippen molar-refractivity contribution in [1.82, 2.24) is 0 Å². The number of hydrogen-bond donors (Lipinski definition) is 2. The smallest absolute Gasteiger partial charge is 0.271 e. The lowest BCUT2D eigenvalue weighted by Crippen LogP contribution is -2.27. The van der Waals surface area contributed by atoms with Gasteiger partial charge in [-0.1, -0.05) is 38.5 Å². The number of carbonyl (C=O) groups excluding carboxylic acids is 2. The van der Waals surface area contributed by atoms with Gasteiger partial charge in [0.15, 0.2) is 0 Å². The number of nitrogens with zero attached hydrogens (tertiary/aromatic N) is 1. The lowest BCUT2D eigenvalue weighted by molar-refractivity contribution is -0.384. The molecule has 0 atom stereocenters. The standard InChI is InChI=1S/C20H27N3O4/c24-19(14-7-3-1-4-8-14)21-17-12-11-16(23(26)27)13-18(17)22-20(25)15-9-5-2-6-10-15/h11-15H,1-10H2,(H,21,24)(H,22,25). The Morgan fingerprint density at radius 3 is 1.78 bits per heavy atom. The molecule has 3 rings (SSSR count). The summed E-state index contributed by atoms with van der Waals surface area (Å²) in [4.78, 5) is 35.8. The minimum atomic E-state index is -0.497. The Bertz CT molecular complexity index is 707. The summed E-state index contributed by atoms with van der Waals surface area (Å²) in [6.45, 7) is 0. The molecule has 0 unspecified atom stereocenters. The fourth-order valence-electron chi connectivity index (χ4n) is 4.06. The van der Waals surface area contributed by atoms with Gasteiger partial charge in [-0.3, -0.25) is 19.7 Å². The van der Waals surface area contributed by atoms with Crippen LogP contribution in [0.25, 0.3) is 0 Å². The molecule has 0 spiro atoms. The molecule has 0 heterocycles. The van der Waals surface area contributed by atoms with Crippen LogP contribution in [0.2, 0.25) is 0 Å². The Morgan fingerprint density at radius 1 is 0.815 bits per heavy atom. The zero-order chi connectivity index (χ0) is 19.2. The Balaban J connectivity index is 1.76. The molecular formula is C20H27N3O4. The van der Waals surface area contributed by atoms with E-state index in [0.29, 0.717) is 11.4 Å². The van der Waals surface area contributed by atoms with Gasteiger partial charge in [0.05, 0.1) is 16.3 Å². The Hall–Kier alpha value is -2.44. The fraction of sp³-hybridized carbons (Fsp3) is 0.600. The van der Waals surface area contributed by atoms with Gasteiger partial charge >= 0.3 is 0 Å². The predicted octanol–water partition coefficient (Wildman–Crippen LogP) is 4.63. The van der Waals surface area contributed by atoms with E-state index in [1.807, 2.05) is 0 Å². The van der Waals surface area contributed by atoms with E-state index in [1.165, 1.54) is 18.2 Å². The van der Waals surface area contributed by atoms with Crippen LogP contribution >= 0.6 is 0 Å². The summed E-state index contributed by atoms with van der Waals surface area (Å²) in [5.74, 6) is -0.296. The molecule has 27 heavy (non-hydrogen) atoms. The highest BCUT2D eigenvalue weighted by Gasteiger charge is 2.25. The Morgan fingerprint density at radius 2 is 1.30 bits per heavy atom. The van der Waals surface area contributed by atoms with E-state index < -0.39 is 4.92 Å². The van der Waals surface area contributed by atoms with E-state index in [0.717, 1.165) is 64.2 Å². The first-order chi connectivity index (χ1) is 13.0. The molecule has 2 amide bonds. The quantitative estimate of drug-likeness (QED) is 0.580. The second-order valence-corrected chi connectivity index (χ2v) is 7.64. The van der Waals surface area contributed by atoms with Crippen LogP contribution < -0.4 is 10.6 Å². The molecule has 0 bridgehead atoms. The largest absolute Gasteiger partial charge is 0.324 e. The zero-order valence-corrected chi connectivity index (χ0v) is 15.5. The molecular weight excluding hydrogens is 346 g/mol. The topological polar surface area (TPSA) is 101 Å². The van der Waals surface area contributed by atoms with Crippen molar-refractivity contribution in [3.63, 3.8) is 0 Å². The van der Waals surface area contributed by atoms with Crippen molar-refractivity contribution in [2.45, 2.75) is 64.2 Å². The second kappa shape index (κ2) is 8.97. The fourth-order valence-corrected chi connectivity index (χ4v) is 4.06. The Kier molecular flexibility index (Phi) is 6.42. The number of nitro benzene ring substituents is 1. The minimum absolute atomic E-state index is 0.0316. The first-order valence-corrected chi connectivity index (χ1v) is 9.95. The lowest BCUT2D eigenvalue weighted by atomic mass is 9.88. The second-order valence-electron chi connectivity index (χ2n) is 7.64. The third kappa shape index (κ3) is 5.05. The summed E-state index contributed by atoms with van der Waals surface area (Å²) in [5, 5.41) is 16.8. The van der Waals surface area contributed by atoms with Crippen LogP contribution in [0.3, 0.4) is 0 Å². The molecule has 0 radical (unpaired) electrons. The maximum Gasteiger partial charge on any atom is 0.271 e. The number of anilines is 2. The molecule has 1 aromatic rings. The van der Waals surface area contributed by atoms with Gasteiger partial charge in [-0.05, 0) is 31.7 Å². The normalized spacial score (nSPS) is 18.7. The monoisotopic (exact) mass is 373 g/mol. The summed E-state index contributed by atoms with van der Waals surface area (Å²) in [6.07, 6.45) is 9.84. The van der Waals surface area contributed by atoms with E-state index in [1.54, 1.807) is 0 Å². The average molecular weight is 373 g/mol. The van der Waals surface area contributed by atoms with Crippen LogP contribution in [0, 0.1) is 22.0 Å². The molecule has 1 aromatic carbocycles. The highest BCUT2D eigenvalue weighted by molar-refractivity contribution is 6.01. The molecule has 0 aliphatic heterocycles. The van der Waals surface area contributed by atoms with Crippen molar-refractivity contribution < 1.29 is 14.5 Å². The number of hydrogen-bond acceptors (Lipinski definition) is 4. The first kappa shape index (κ1) is 19.3. The molecule has 2 aliphatic rings. The van der Waals surface area contributed by atoms with Gasteiger partial charge < -0.3 is 10.6 Å². The van der Waals surface area contributed by atoms with Crippen LogP contribution in [-0.2, 0) is 9.59 Å². The first-order valence-electron chi connectivity index (χ1n) is 9.95. The van der Waals surface area contributed by atoms with Gasteiger partial charge in [-0.25, -0.2) is 0 Å². The van der Waals surface area contributed by atoms with Crippen molar-refractivity contribution in [2.75, 3.05) is 10.6 Å². The number of rotatable bonds is 5. The van der Waals surface area contributed by atoms with E-state index in [2.05, 4.69) is 10.6 Å². The summed E-state index contributed by atoms with van der Waals surface area (Å²) in [6, 6.07) is 4.19. The van der Waals surface area contributed by atoms with Gasteiger partial charge in [0, 0.05) is 24.0 Å². The molecule has 146 valence electrons. The summed E-state index contributed by atoms with van der Waals surface area (Å²) < 4.78 is 0. The van der Waals surface area contributed by atoms with Crippen molar-refractivity contribution in [3.8, 4) is 0 Å². The number of nitro groups is 1. The molecule has 0 saturated heterocycles. The van der Waals surface area contributed by atoms with Crippen LogP contribution in [0.5, 0.6) is 0 Å². The minimum Gasteiger partial charge on any atom is -0.324 e. The van der Waals surface area contributed by atoms with Crippen LogP contribution in [0.1, 0.15) is 64.2 Å². The molecule has 2 fully saturated rings. The molecule has 7 heteroatoms. The van der Waals surface area contributed by atoms with Gasteiger partial charge in [-0.15, -0.1) is 0 Å². The third-order valence-electron chi connectivity index (χ3n) is 5.68. The predicted molar refractivity (Wildman–Crippen MR) is 104 cm³/mol. The molecule has 2 aliphatic carbocycles. The van der Waals surface area contributed by atoms with Crippen molar-refractivity contribution in [1.29, 1.82) is 0 Å². The summed E-state index contributed by atoms with van der Waals surface area (Å²) in [7, 11) is 0. The lowest BCUT2D eigenvalue weighted by Gasteiger charge is -2.23. The average Bonchev–Trinajstić information content (AvgIpc) is 2.70. The van der Waals surface area contributed by atoms with E-state index in [-0.39, 0.29) is 29.3 Å². The van der Waals surface area contributed by atoms with Gasteiger partial charge in [-0.2, -0.15) is 0 Å². The Labute approximate surface area is 159 Å². The van der Waals surface area contributed by atoms with Crippen LogP contribution in [-0.4, -0.2) is 16.7 Å². The maximum absolute atomic E-state index is 12.6. The molecule has 7 nitrogen and oxygen atoms in total. The van der Waals surface area contributed by atoms with Crippen LogP contribution in [0.4, 0.5) is 17.1 Å². The third-order valence-corrected chi connectivity index (χ3v) is 5.68. The molecule has 2 saturated carbocycles. The number of nitrogens with one attached hydrogen (secondary N) is 2. The number of benzene rings is 1. The number of carbonyl (C=O) groups is 2. The molecule has 0 aromatic heterocycles. The van der Waals surface area contributed by atoms with Gasteiger partial charge in [0.2, 0.25) is 11.8 Å². The highest BCUT2D eigenvalue weighted by atomic mass is 16.6. The SMILES string of the molecule is O=C(Nc1ccc([N+](=O)[O-])cc1NC(=O)C1CCCCC1)C1CCCCC1. The molecule has 2 N–H and O–H groups in total. The zero-order valence-electron chi connectivity index (χ0n) is 15.5. The van der Waals surface area contributed by atoms with Gasteiger partial charge in [0.1, 0.15) is 0 Å². The number of amides is 2. The highest BCUT2D eigenvalue weighted by Crippen LogP contribution is 2.31. The van der Waals surface area contributed by atoms with Crippen LogP contribution in [0.15, 0.2) is 18.2 Å². The van der Waals surface area contributed by atoms with Crippen molar-refractivity contribution in [3.05, 3.63) is 28.3 Å². The van der Waals surface area contributed by atoms with Gasteiger partial charge in [0.25, 0.3) is 5.69 Å².